The van der Waals surface area contributed by atoms with Crippen LogP contribution >= 0.6 is 0 Å². The SMILES string of the molecule is CB(O)N[C@@H](CCCCC(C)=N)C(=O)O. The Kier molecular flexibility index (Phi) is 6.99. The largest absolute Gasteiger partial charge is 0.480 e. The molecule has 86 valence electrons. The normalized spacial score (nSPS) is 12.2. The average Bonchev–Trinajstić information content (AvgIpc) is 2.08. The fraction of sp³-hybridized carbons (Fsp3) is 0.778. The van der Waals surface area contributed by atoms with E-state index < -0.39 is 19.1 Å². The first-order valence-electron chi connectivity index (χ1n) is 5.14. The lowest BCUT2D eigenvalue weighted by molar-refractivity contribution is -0.139. The van der Waals surface area contributed by atoms with Crippen LogP contribution in [0.25, 0.3) is 0 Å². The molecule has 0 radical (unpaired) electrons. The monoisotopic (exact) mass is 214 g/mol. The Morgan fingerprint density at radius 1 is 1.53 bits per heavy atom. The summed E-state index contributed by atoms with van der Waals surface area (Å²) in [6.45, 7) is 3.24. The van der Waals surface area contributed by atoms with E-state index in [1.807, 2.05) is 0 Å². The number of nitrogens with one attached hydrogen (secondary N) is 2. The number of carboxylic acid groups (broad SMARTS) is 1. The van der Waals surface area contributed by atoms with Crippen LogP contribution in [0.15, 0.2) is 0 Å². The van der Waals surface area contributed by atoms with Gasteiger partial charge in [0, 0.05) is 5.71 Å². The van der Waals surface area contributed by atoms with Crippen molar-refractivity contribution >= 4 is 18.7 Å². The van der Waals surface area contributed by atoms with Gasteiger partial charge in [-0.3, -0.25) is 4.79 Å². The van der Waals surface area contributed by atoms with Crippen LogP contribution in [-0.2, 0) is 4.79 Å². The van der Waals surface area contributed by atoms with E-state index in [1.54, 1.807) is 6.92 Å². The highest BCUT2D eigenvalue weighted by atomic mass is 16.4. The molecule has 0 rings (SSSR count). The predicted molar refractivity (Wildman–Crippen MR) is 60.3 cm³/mol. The molecule has 0 aromatic carbocycles. The Bertz CT molecular complexity index is 221. The number of carboxylic acids is 1. The summed E-state index contributed by atoms with van der Waals surface area (Å²) in [5.74, 6) is -0.942. The van der Waals surface area contributed by atoms with Gasteiger partial charge in [0.05, 0.1) is 6.04 Å². The van der Waals surface area contributed by atoms with E-state index in [1.165, 1.54) is 6.82 Å². The summed E-state index contributed by atoms with van der Waals surface area (Å²) in [6.07, 6.45) is 2.75. The van der Waals surface area contributed by atoms with E-state index in [9.17, 15) is 4.79 Å². The summed E-state index contributed by atoms with van der Waals surface area (Å²) in [6, 6.07) is -0.698. The molecule has 6 heteroatoms. The van der Waals surface area contributed by atoms with E-state index in [4.69, 9.17) is 15.5 Å². The molecular formula is C9H19BN2O3. The lowest BCUT2D eigenvalue weighted by Gasteiger charge is -2.14. The van der Waals surface area contributed by atoms with E-state index in [-0.39, 0.29) is 0 Å². The van der Waals surface area contributed by atoms with Gasteiger partial charge in [-0.2, -0.15) is 0 Å². The van der Waals surface area contributed by atoms with Crippen molar-refractivity contribution in [2.24, 2.45) is 0 Å². The summed E-state index contributed by atoms with van der Waals surface area (Å²) in [7, 11) is -0.810. The molecular weight excluding hydrogens is 195 g/mol. The second-order valence-corrected chi connectivity index (χ2v) is 3.76. The van der Waals surface area contributed by atoms with Gasteiger partial charge in [0.15, 0.2) is 0 Å². The summed E-state index contributed by atoms with van der Waals surface area (Å²) >= 11 is 0. The molecule has 0 aliphatic heterocycles. The van der Waals surface area contributed by atoms with E-state index in [0.717, 1.165) is 12.8 Å². The van der Waals surface area contributed by atoms with Gasteiger partial charge >= 0.3 is 13.0 Å². The van der Waals surface area contributed by atoms with Crippen molar-refractivity contribution in [1.82, 2.24) is 5.23 Å². The molecule has 0 saturated heterocycles. The zero-order chi connectivity index (χ0) is 11.8. The van der Waals surface area contributed by atoms with Crippen LogP contribution in [0.4, 0.5) is 0 Å². The number of carbonyl (C=O) groups is 1. The first-order chi connectivity index (χ1) is 6.93. The van der Waals surface area contributed by atoms with E-state index in [0.29, 0.717) is 18.6 Å². The zero-order valence-corrected chi connectivity index (χ0v) is 9.29. The maximum absolute atomic E-state index is 10.7. The fourth-order valence-electron chi connectivity index (χ4n) is 1.31. The topological polar surface area (TPSA) is 93.4 Å². The van der Waals surface area contributed by atoms with Gasteiger partial charge < -0.3 is 20.8 Å². The number of unbranched alkanes of at least 4 members (excludes halogenated alkanes) is 1. The van der Waals surface area contributed by atoms with Crippen molar-refractivity contribution < 1.29 is 14.9 Å². The lowest BCUT2D eigenvalue weighted by Crippen LogP contribution is -2.44. The van der Waals surface area contributed by atoms with Crippen LogP contribution in [0.5, 0.6) is 0 Å². The van der Waals surface area contributed by atoms with Crippen LogP contribution < -0.4 is 5.23 Å². The third-order valence-corrected chi connectivity index (χ3v) is 2.04. The van der Waals surface area contributed by atoms with Gasteiger partial charge in [0.25, 0.3) is 0 Å². The van der Waals surface area contributed by atoms with Crippen LogP contribution in [0.1, 0.15) is 32.6 Å². The molecule has 0 amide bonds. The number of hydrogen-bond acceptors (Lipinski definition) is 4. The number of hydrogen-bond donors (Lipinski definition) is 4. The van der Waals surface area contributed by atoms with Crippen LogP contribution in [0, 0.1) is 5.41 Å². The van der Waals surface area contributed by atoms with Crippen molar-refractivity contribution in [3.8, 4) is 0 Å². The average molecular weight is 214 g/mol. The Morgan fingerprint density at radius 2 is 2.13 bits per heavy atom. The van der Waals surface area contributed by atoms with Gasteiger partial charge in [-0.05, 0) is 33.0 Å². The summed E-state index contributed by atoms with van der Waals surface area (Å²) in [5, 5.41) is 27.6. The maximum atomic E-state index is 10.7. The molecule has 0 bridgehead atoms. The van der Waals surface area contributed by atoms with Crippen molar-refractivity contribution in [3.05, 3.63) is 0 Å². The minimum atomic E-state index is -0.942. The molecule has 0 unspecified atom stereocenters. The Hall–Kier alpha value is -0.875. The second kappa shape index (κ2) is 7.42. The number of aliphatic carboxylic acids is 1. The highest BCUT2D eigenvalue weighted by Gasteiger charge is 2.19. The van der Waals surface area contributed by atoms with Crippen molar-refractivity contribution in [3.63, 3.8) is 0 Å². The summed E-state index contributed by atoms with van der Waals surface area (Å²) in [5.41, 5.74) is 0.616. The van der Waals surface area contributed by atoms with Crippen LogP contribution in [-0.4, -0.2) is 34.9 Å². The molecule has 0 spiro atoms. The molecule has 0 saturated carbocycles. The van der Waals surface area contributed by atoms with Crippen molar-refractivity contribution in [2.75, 3.05) is 0 Å². The van der Waals surface area contributed by atoms with E-state index in [2.05, 4.69) is 5.23 Å². The third kappa shape index (κ3) is 8.14. The Balaban J connectivity index is 3.76. The Labute approximate surface area is 90.5 Å². The van der Waals surface area contributed by atoms with Gasteiger partial charge in [0.2, 0.25) is 0 Å². The quantitative estimate of drug-likeness (QED) is 0.272. The molecule has 5 nitrogen and oxygen atoms in total. The fourth-order valence-corrected chi connectivity index (χ4v) is 1.31. The molecule has 0 fully saturated rings. The molecule has 0 heterocycles. The molecule has 0 aliphatic rings. The third-order valence-electron chi connectivity index (χ3n) is 2.04. The molecule has 0 aromatic rings. The lowest BCUT2D eigenvalue weighted by atomic mass is 9.86. The van der Waals surface area contributed by atoms with Gasteiger partial charge in [-0.1, -0.05) is 6.42 Å². The first kappa shape index (κ1) is 14.1. The smallest absolute Gasteiger partial charge is 0.374 e. The van der Waals surface area contributed by atoms with Crippen molar-refractivity contribution in [1.29, 1.82) is 5.41 Å². The van der Waals surface area contributed by atoms with Gasteiger partial charge in [-0.25, -0.2) is 0 Å². The molecule has 15 heavy (non-hydrogen) atoms. The van der Waals surface area contributed by atoms with E-state index >= 15 is 0 Å². The molecule has 1 atom stereocenters. The second-order valence-electron chi connectivity index (χ2n) is 3.76. The van der Waals surface area contributed by atoms with Gasteiger partial charge in [-0.15, -0.1) is 0 Å². The predicted octanol–water partition coefficient (Wildman–Crippen LogP) is 0.740. The number of rotatable bonds is 8. The molecule has 0 aliphatic carbocycles. The highest BCUT2D eigenvalue weighted by Crippen LogP contribution is 2.05. The zero-order valence-electron chi connectivity index (χ0n) is 9.29. The minimum absolute atomic E-state index is 0.480. The standard InChI is InChI=1S/C9H19BN2O3/c1-7(11)5-3-4-6-8(9(13)14)12-10(2)15/h8,11-12,15H,3-6H2,1-2H3,(H,13,14)/t8-/m0/s1. The summed E-state index contributed by atoms with van der Waals surface area (Å²) in [4.78, 5) is 10.7. The minimum Gasteiger partial charge on any atom is -0.480 e. The maximum Gasteiger partial charge on any atom is 0.374 e. The van der Waals surface area contributed by atoms with Crippen molar-refractivity contribution in [2.45, 2.75) is 45.5 Å². The van der Waals surface area contributed by atoms with Crippen LogP contribution in [0.3, 0.4) is 0 Å². The highest BCUT2D eigenvalue weighted by molar-refractivity contribution is 6.45. The molecule has 4 N–H and O–H groups in total. The first-order valence-corrected chi connectivity index (χ1v) is 5.14. The summed E-state index contributed by atoms with van der Waals surface area (Å²) < 4.78 is 0. The van der Waals surface area contributed by atoms with Crippen LogP contribution in [0.2, 0.25) is 6.82 Å². The van der Waals surface area contributed by atoms with Gasteiger partial charge in [0.1, 0.15) is 0 Å². The molecule has 0 aromatic heterocycles. The Morgan fingerprint density at radius 3 is 2.53 bits per heavy atom.